The van der Waals surface area contributed by atoms with Gasteiger partial charge in [0.1, 0.15) is 16.2 Å². The Bertz CT molecular complexity index is 449. The summed E-state index contributed by atoms with van der Waals surface area (Å²) in [6, 6.07) is 3.81. The third-order valence-corrected chi connectivity index (χ3v) is 4.21. The summed E-state index contributed by atoms with van der Waals surface area (Å²) in [5.74, 6) is -0.274. The minimum atomic E-state index is -3.55. The molecule has 0 fully saturated rings. The highest BCUT2D eigenvalue weighted by Crippen LogP contribution is 2.22. The van der Waals surface area contributed by atoms with Gasteiger partial charge >= 0.3 is 0 Å². The van der Waals surface area contributed by atoms with Gasteiger partial charge in [-0.25, -0.2) is 12.8 Å². The fourth-order valence-corrected chi connectivity index (χ4v) is 1.79. The van der Waals surface area contributed by atoms with E-state index in [4.69, 9.17) is 4.74 Å². The largest absolute Gasteiger partial charge is 0.497 e. The lowest BCUT2D eigenvalue weighted by Crippen LogP contribution is -2.14. The van der Waals surface area contributed by atoms with E-state index in [2.05, 4.69) is 20.7 Å². The van der Waals surface area contributed by atoms with Gasteiger partial charge in [-0.05, 0) is 12.1 Å². The molecule has 1 rings (SSSR count). The Labute approximate surface area is 95.6 Å². The first kappa shape index (κ1) is 12.3. The lowest BCUT2D eigenvalue weighted by atomic mass is 10.3. The van der Waals surface area contributed by atoms with Gasteiger partial charge in [0.05, 0.1) is 12.8 Å². The number of hydrogen-bond acceptors (Lipinski definition) is 3. The highest BCUT2D eigenvalue weighted by Gasteiger charge is 2.12. The number of methoxy groups -OCH3 is 1. The van der Waals surface area contributed by atoms with Crippen LogP contribution < -0.4 is 9.46 Å². The summed E-state index contributed by atoms with van der Waals surface area (Å²) in [6.45, 7) is 0. The van der Waals surface area contributed by atoms with Gasteiger partial charge in [-0.2, -0.15) is 0 Å². The Morgan fingerprint density at radius 1 is 1.53 bits per heavy atom. The molecular formula is C8H9BrFNO3S. The number of rotatable bonds is 4. The van der Waals surface area contributed by atoms with Crippen molar-refractivity contribution in [2.75, 3.05) is 16.5 Å². The second-order valence-electron chi connectivity index (χ2n) is 2.67. The van der Waals surface area contributed by atoms with Crippen LogP contribution in [0.2, 0.25) is 0 Å². The Morgan fingerprint density at radius 2 is 2.20 bits per heavy atom. The van der Waals surface area contributed by atoms with Crippen molar-refractivity contribution >= 4 is 31.6 Å². The second kappa shape index (κ2) is 4.80. The van der Waals surface area contributed by atoms with Gasteiger partial charge in [0.2, 0.25) is 10.0 Å². The Hall–Kier alpha value is -0.820. The molecule has 0 heterocycles. The summed E-state index contributed by atoms with van der Waals surface area (Å²) in [6.07, 6.45) is 0. The zero-order valence-corrected chi connectivity index (χ0v) is 10.2. The number of halogens is 2. The highest BCUT2D eigenvalue weighted by molar-refractivity contribution is 9.10. The van der Waals surface area contributed by atoms with Gasteiger partial charge < -0.3 is 4.74 Å². The lowest BCUT2D eigenvalue weighted by molar-refractivity contribution is 0.414. The molecule has 0 spiro atoms. The van der Waals surface area contributed by atoms with Crippen molar-refractivity contribution in [3.8, 4) is 5.75 Å². The van der Waals surface area contributed by atoms with Gasteiger partial charge in [0, 0.05) is 6.07 Å². The van der Waals surface area contributed by atoms with Crippen molar-refractivity contribution in [2.24, 2.45) is 0 Å². The van der Waals surface area contributed by atoms with Crippen LogP contribution in [0.4, 0.5) is 10.1 Å². The third kappa shape index (κ3) is 3.35. The number of benzene rings is 1. The van der Waals surface area contributed by atoms with Crippen LogP contribution in [0.25, 0.3) is 0 Å². The summed E-state index contributed by atoms with van der Waals surface area (Å²) in [4.78, 5) is 0. The van der Waals surface area contributed by atoms with Gasteiger partial charge in [-0.15, -0.1) is 0 Å². The topological polar surface area (TPSA) is 55.4 Å². The summed E-state index contributed by atoms with van der Waals surface area (Å²) in [5, 5.41) is 0. The van der Waals surface area contributed by atoms with Crippen molar-refractivity contribution < 1.29 is 17.5 Å². The molecule has 0 aliphatic carbocycles. The maximum absolute atomic E-state index is 13.2. The molecule has 84 valence electrons. The minimum Gasteiger partial charge on any atom is -0.497 e. The number of alkyl halides is 1. The van der Waals surface area contributed by atoms with Crippen molar-refractivity contribution in [3.63, 3.8) is 0 Å². The molecule has 0 aromatic heterocycles. The molecule has 0 aliphatic heterocycles. The van der Waals surface area contributed by atoms with Gasteiger partial charge in [0.25, 0.3) is 0 Å². The molecule has 15 heavy (non-hydrogen) atoms. The van der Waals surface area contributed by atoms with Crippen molar-refractivity contribution in [1.82, 2.24) is 0 Å². The Morgan fingerprint density at radius 3 is 2.73 bits per heavy atom. The summed E-state index contributed by atoms with van der Waals surface area (Å²) in [5.41, 5.74) is -0.131. The number of ether oxygens (including phenoxy) is 1. The first-order chi connectivity index (χ1) is 6.98. The summed E-state index contributed by atoms with van der Waals surface area (Å²) < 4.78 is 42.1. The monoisotopic (exact) mass is 297 g/mol. The maximum atomic E-state index is 13.2. The molecule has 4 nitrogen and oxygen atoms in total. The number of anilines is 1. The molecule has 7 heteroatoms. The van der Waals surface area contributed by atoms with E-state index in [1.165, 1.54) is 19.2 Å². The quantitative estimate of drug-likeness (QED) is 0.864. The molecule has 0 bridgehead atoms. The van der Waals surface area contributed by atoms with Crippen LogP contribution in [0.15, 0.2) is 18.2 Å². The number of hydrogen-bond donors (Lipinski definition) is 1. The molecule has 0 saturated carbocycles. The van der Waals surface area contributed by atoms with Crippen LogP contribution in [0.1, 0.15) is 0 Å². The molecular weight excluding hydrogens is 289 g/mol. The first-order valence-electron chi connectivity index (χ1n) is 3.88. The lowest BCUT2D eigenvalue weighted by Gasteiger charge is -2.08. The predicted octanol–water partition coefficient (Wildman–Crippen LogP) is 1.93. The molecule has 1 aromatic carbocycles. The normalized spacial score (nSPS) is 11.1. The summed E-state index contributed by atoms with van der Waals surface area (Å²) >= 11 is 2.78. The minimum absolute atomic E-state index is 0.131. The van der Waals surface area contributed by atoms with E-state index < -0.39 is 15.8 Å². The molecule has 0 radical (unpaired) electrons. The molecule has 0 saturated heterocycles. The van der Waals surface area contributed by atoms with E-state index in [9.17, 15) is 12.8 Å². The van der Waals surface area contributed by atoms with Crippen molar-refractivity contribution in [3.05, 3.63) is 24.0 Å². The third-order valence-electron chi connectivity index (χ3n) is 1.58. The van der Waals surface area contributed by atoms with Crippen LogP contribution in [-0.2, 0) is 10.0 Å². The first-order valence-corrected chi connectivity index (χ1v) is 6.66. The smallest absolute Gasteiger partial charge is 0.242 e. The van der Waals surface area contributed by atoms with Crippen LogP contribution >= 0.6 is 15.9 Å². The second-order valence-corrected chi connectivity index (χ2v) is 5.70. The zero-order valence-electron chi connectivity index (χ0n) is 7.83. The van der Waals surface area contributed by atoms with E-state index in [1.54, 1.807) is 0 Å². The predicted molar refractivity (Wildman–Crippen MR) is 59.3 cm³/mol. The van der Waals surface area contributed by atoms with Crippen LogP contribution in [-0.4, -0.2) is 20.2 Å². The highest BCUT2D eigenvalue weighted by atomic mass is 79.9. The number of sulfonamides is 1. The van der Waals surface area contributed by atoms with E-state index in [0.29, 0.717) is 5.75 Å². The van der Waals surface area contributed by atoms with E-state index >= 15 is 0 Å². The van der Waals surface area contributed by atoms with Crippen LogP contribution in [0.5, 0.6) is 5.75 Å². The number of nitrogens with one attached hydrogen (secondary N) is 1. The van der Waals surface area contributed by atoms with Crippen molar-refractivity contribution in [1.29, 1.82) is 0 Å². The Kier molecular flexibility index (Phi) is 3.92. The van der Waals surface area contributed by atoms with Gasteiger partial charge in [-0.1, -0.05) is 15.9 Å². The van der Waals surface area contributed by atoms with E-state index in [1.807, 2.05) is 0 Å². The average molecular weight is 298 g/mol. The standard InChI is InChI=1S/C8H9BrFNO3S/c1-14-6-2-3-7(10)8(4-6)11-15(12,13)5-9/h2-4,11H,5H2,1H3. The fraction of sp³-hybridized carbons (Fsp3) is 0.250. The average Bonchev–Trinajstić information content (AvgIpc) is 2.21. The SMILES string of the molecule is COc1ccc(F)c(NS(=O)(=O)CBr)c1. The van der Waals surface area contributed by atoms with E-state index in [-0.39, 0.29) is 10.3 Å². The maximum Gasteiger partial charge on any atom is 0.242 e. The molecule has 0 atom stereocenters. The molecule has 1 N–H and O–H groups in total. The summed E-state index contributed by atoms with van der Waals surface area (Å²) in [7, 11) is -2.14. The van der Waals surface area contributed by atoms with Crippen LogP contribution in [0.3, 0.4) is 0 Å². The van der Waals surface area contributed by atoms with E-state index in [0.717, 1.165) is 6.07 Å². The van der Waals surface area contributed by atoms with Crippen LogP contribution in [0, 0.1) is 5.82 Å². The van der Waals surface area contributed by atoms with Gasteiger partial charge in [-0.3, -0.25) is 4.72 Å². The van der Waals surface area contributed by atoms with Gasteiger partial charge in [0.15, 0.2) is 0 Å². The molecule has 1 aromatic rings. The Balaban J connectivity index is 3.04. The molecule has 0 unspecified atom stereocenters. The fourth-order valence-electron chi connectivity index (χ4n) is 0.904. The molecule has 0 aliphatic rings. The zero-order chi connectivity index (χ0) is 11.5. The van der Waals surface area contributed by atoms with Crippen molar-refractivity contribution in [2.45, 2.75) is 0 Å². The molecule has 0 amide bonds.